The predicted octanol–water partition coefficient (Wildman–Crippen LogP) is 4.49. The average Bonchev–Trinajstić information content (AvgIpc) is 3.56. The topological polar surface area (TPSA) is 119 Å². The number of halogens is 3. The van der Waals surface area contributed by atoms with Crippen molar-refractivity contribution in [3.8, 4) is 11.6 Å². The lowest BCUT2D eigenvalue weighted by atomic mass is 10.1. The summed E-state index contributed by atoms with van der Waals surface area (Å²) in [4.78, 5) is 36.0. The van der Waals surface area contributed by atoms with Gasteiger partial charge >= 0.3 is 12.2 Å². The number of hydrogen-bond acceptors (Lipinski definition) is 7. The molecule has 1 aliphatic rings. The van der Waals surface area contributed by atoms with E-state index in [1.807, 2.05) is 19.0 Å². The number of likely N-dealkylation sites (N-methyl/N-ethyl adjacent to an activating group) is 1. The predicted molar refractivity (Wildman–Crippen MR) is 147 cm³/mol. The van der Waals surface area contributed by atoms with E-state index in [9.17, 15) is 22.8 Å². The van der Waals surface area contributed by atoms with Gasteiger partial charge in [-0.1, -0.05) is 0 Å². The first-order valence-electron chi connectivity index (χ1n) is 12.8. The van der Waals surface area contributed by atoms with Gasteiger partial charge in [-0.3, -0.25) is 9.36 Å². The molecule has 4 aromatic rings. The van der Waals surface area contributed by atoms with Crippen LogP contribution in [0.2, 0.25) is 0 Å². The number of anilines is 2. The number of carbonyl (C=O) groups excluding carboxylic acids is 2. The van der Waals surface area contributed by atoms with Gasteiger partial charge < -0.3 is 25.6 Å². The third-order valence-electron chi connectivity index (χ3n) is 6.94. The fraction of sp³-hybridized carbons (Fsp3) is 0.286. The first-order chi connectivity index (χ1) is 19.5. The van der Waals surface area contributed by atoms with Crippen LogP contribution in [0.15, 0.2) is 61.1 Å². The molecule has 0 spiro atoms. The van der Waals surface area contributed by atoms with E-state index in [0.717, 1.165) is 12.5 Å². The van der Waals surface area contributed by atoms with Gasteiger partial charge in [-0.25, -0.2) is 14.8 Å². The smallest absolute Gasteiger partial charge is 0.418 e. The fourth-order valence-corrected chi connectivity index (χ4v) is 4.87. The number of nitrogens with two attached hydrogens (primary N) is 1. The van der Waals surface area contributed by atoms with Gasteiger partial charge in [-0.15, -0.1) is 0 Å². The van der Waals surface area contributed by atoms with Crippen LogP contribution in [0.5, 0.6) is 11.6 Å². The summed E-state index contributed by atoms with van der Waals surface area (Å²) in [6, 6.07) is 11.6. The maximum absolute atomic E-state index is 14.0. The van der Waals surface area contributed by atoms with Crippen molar-refractivity contribution >= 4 is 34.2 Å². The molecular weight excluding hydrogens is 539 g/mol. The Kier molecular flexibility index (Phi) is 7.54. The van der Waals surface area contributed by atoms with E-state index >= 15 is 0 Å². The number of nitrogens with zero attached hydrogens (tertiary/aromatic N) is 5. The monoisotopic (exact) mass is 567 g/mol. The second-order valence-corrected chi connectivity index (χ2v) is 10.0. The van der Waals surface area contributed by atoms with E-state index in [2.05, 4.69) is 15.3 Å². The third-order valence-corrected chi connectivity index (χ3v) is 6.94. The summed E-state index contributed by atoms with van der Waals surface area (Å²) < 4.78 is 49.2. The molecule has 2 amide bonds. The van der Waals surface area contributed by atoms with Gasteiger partial charge in [0.15, 0.2) is 0 Å². The number of fused-ring (bicyclic) bond motifs is 1. The van der Waals surface area contributed by atoms with Crippen LogP contribution in [0.3, 0.4) is 0 Å². The first kappa shape index (κ1) is 27.9. The fourth-order valence-electron chi connectivity index (χ4n) is 4.87. The Labute approximate surface area is 233 Å². The van der Waals surface area contributed by atoms with E-state index in [0.29, 0.717) is 35.4 Å². The summed E-state index contributed by atoms with van der Waals surface area (Å²) in [5.41, 5.74) is 5.48. The van der Waals surface area contributed by atoms with Gasteiger partial charge in [0.25, 0.3) is 0 Å². The molecule has 5 rings (SSSR count). The molecule has 0 saturated carbocycles. The lowest BCUT2D eigenvalue weighted by Gasteiger charge is -2.25. The van der Waals surface area contributed by atoms with Crippen LogP contribution < -0.4 is 20.7 Å². The van der Waals surface area contributed by atoms with E-state index in [1.54, 1.807) is 29.2 Å². The number of rotatable bonds is 7. The first-order valence-corrected chi connectivity index (χ1v) is 12.8. The molecular formula is C28H28F3N7O3. The highest BCUT2D eigenvalue weighted by molar-refractivity contribution is 5.99. The largest absolute Gasteiger partial charge is 0.439 e. The summed E-state index contributed by atoms with van der Waals surface area (Å²) in [6.07, 6.45) is -1.10. The molecule has 3 heterocycles. The molecule has 3 N–H and O–H groups in total. The third kappa shape index (κ3) is 6.24. The van der Waals surface area contributed by atoms with Gasteiger partial charge in [0.2, 0.25) is 11.8 Å². The van der Waals surface area contributed by atoms with E-state index < -0.39 is 23.7 Å². The van der Waals surface area contributed by atoms with Crippen molar-refractivity contribution in [3.63, 3.8) is 0 Å². The molecule has 1 unspecified atom stereocenters. The van der Waals surface area contributed by atoms with E-state index in [1.165, 1.54) is 35.3 Å². The summed E-state index contributed by atoms with van der Waals surface area (Å²) in [5, 5.41) is 3.23. The molecule has 0 aliphatic carbocycles. The molecule has 0 radical (unpaired) electrons. The number of aromatic nitrogens is 3. The zero-order chi connectivity index (χ0) is 29.3. The average molecular weight is 568 g/mol. The molecule has 0 bridgehead atoms. The summed E-state index contributed by atoms with van der Waals surface area (Å²) in [6.45, 7) is 1.01. The molecule has 214 valence electrons. The molecule has 2 aromatic carbocycles. The van der Waals surface area contributed by atoms with Crippen LogP contribution >= 0.6 is 0 Å². The Bertz CT molecular complexity index is 1600. The minimum Gasteiger partial charge on any atom is -0.439 e. The maximum Gasteiger partial charge on any atom is 0.418 e. The molecule has 1 fully saturated rings. The van der Waals surface area contributed by atoms with Crippen molar-refractivity contribution in [1.82, 2.24) is 19.4 Å². The number of ether oxygens (including phenoxy) is 1. The molecule has 13 heteroatoms. The zero-order valence-electron chi connectivity index (χ0n) is 22.4. The Hall–Kier alpha value is -4.65. The molecule has 1 aliphatic heterocycles. The second kappa shape index (κ2) is 11.1. The van der Waals surface area contributed by atoms with Crippen molar-refractivity contribution in [2.24, 2.45) is 5.73 Å². The quantitative estimate of drug-likeness (QED) is 0.338. The van der Waals surface area contributed by atoms with Crippen LogP contribution in [0, 0.1) is 0 Å². The van der Waals surface area contributed by atoms with Crippen LogP contribution in [0.25, 0.3) is 10.9 Å². The number of carbonyl (C=O) groups is 2. The lowest BCUT2D eigenvalue weighted by Crippen LogP contribution is -2.32. The Balaban J connectivity index is 1.33. The van der Waals surface area contributed by atoms with Gasteiger partial charge in [0, 0.05) is 48.2 Å². The normalized spacial score (nSPS) is 15.5. The van der Waals surface area contributed by atoms with Crippen molar-refractivity contribution in [1.29, 1.82) is 0 Å². The highest BCUT2D eigenvalue weighted by atomic mass is 19.4. The summed E-state index contributed by atoms with van der Waals surface area (Å²) >= 11 is 0. The summed E-state index contributed by atoms with van der Waals surface area (Å²) in [5.74, 6) is 0.0945. The molecule has 41 heavy (non-hydrogen) atoms. The van der Waals surface area contributed by atoms with Gasteiger partial charge in [-0.05, 0) is 63.0 Å². The minimum absolute atomic E-state index is 0.0340. The van der Waals surface area contributed by atoms with Crippen molar-refractivity contribution in [2.75, 3.05) is 37.4 Å². The van der Waals surface area contributed by atoms with Crippen LogP contribution in [0.1, 0.15) is 17.7 Å². The van der Waals surface area contributed by atoms with Gasteiger partial charge in [-0.2, -0.15) is 13.2 Å². The van der Waals surface area contributed by atoms with Gasteiger partial charge in [0.05, 0.1) is 23.2 Å². The number of alkyl halides is 3. The Morgan fingerprint density at radius 2 is 1.93 bits per heavy atom. The lowest BCUT2D eigenvalue weighted by molar-refractivity contribution is -0.137. The number of benzene rings is 2. The van der Waals surface area contributed by atoms with E-state index in [-0.39, 0.29) is 29.7 Å². The Morgan fingerprint density at radius 1 is 1.12 bits per heavy atom. The van der Waals surface area contributed by atoms with Crippen molar-refractivity contribution in [3.05, 3.63) is 72.3 Å². The van der Waals surface area contributed by atoms with Crippen molar-refractivity contribution < 1.29 is 27.5 Å². The molecule has 1 saturated heterocycles. The highest BCUT2D eigenvalue weighted by Gasteiger charge is 2.37. The maximum atomic E-state index is 14.0. The summed E-state index contributed by atoms with van der Waals surface area (Å²) in [7, 11) is 3.83. The number of primary amides is 1. The molecule has 2 aromatic heterocycles. The van der Waals surface area contributed by atoms with Crippen LogP contribution in [-0.4, -0.2) is 64.6 Å². The molecule has 10 nitrogen and oxygen atoms in total. The standard InChI is InChI=1S/C28H28F3N7O3/c1-36(2)20-8-9-37(15-20)24-5-3-18(12-22(24)28(29,30)31)35-27(40)38-10-7-17-11-21(4-6-23(17)38)41-26-14-19(13-25(32)39)33-16-34-26/h3-7,10-12,14,16,20H,8-9,13,15H2,1-2H3,(H2,32,39)(H,35,40). The minimum atomic E-state index is -4.59. The highest BCUT2D eigenvalue weighted by Crippen LogP contribution is 2.39. The van der Waals surface area contributed by atoms with Crippen LogP contribution in [0.4, 0.5) is 29.3 Å². The SMILES string of the molecule is CN(C)C1CCN(c2ccc(NC(=O)n3ccc4cc(Oc5cc(CC(N)=O)ncn5)ccc43)cc2C(F)(F)F)C1. The van der Waals surface area contributed by atoms with Crippen molar-refractivity contribution in [2.45, 2.75) is 25.1 Å². The van der Waals surface area contributed by atoms with Crippen LogP contribution in [-0.2, 0) is 17.4 Å². The second-order valence-electron chi connectivity index (χ2n) is 10.0. The number of nitrogens with one attached hydrogen (secondary N) is 1. The van der Waals surface area contributed by atoms with E-state index in [4.69, 9.17) is 10.5 Å². The number of amides is 2. The Morgan fingerprint density at radius 3 is 2.63 bits per heavy atom. The number of hydrogen-bond donors (Lipinski definition) is 2. The zero-order valence-corrected chi connectivity index (χ0v) is 22.4. The van der Waals surface area contributed by atoms with Gasteiger partial charge in [0.1, 0.15) is 12.1 Å². The molecule has 1 atom stereocenters.